The molecule has 1 saturated heterocycles. The Kier molecular flexibility index (Phi) is 4.26. The Morgan fingerprint density at radius 1 is 1.24 bits per heavy atom. The van der Waals surface area contributed by atoms with E-state index in [1.165, 1.54) is 0 Å². The van der Waals surface area contributed by atoms with E-state index < -0.39 is 0 Å². The van der Waals surface area contributed by atoms with E-state index in [4.69, 9.17) is 4.74 Å². The van der Waals surface area contributed by atoms with Gasteiger partial charge in [0.05, 0.1) is 18.1 Å². The minimum Gasteiger partial charge on any atom is -0.381 e. The summed E-state index contributed by atoms with van der Waals surface area (Å²) in [5.41, 5.74) is 2.44. The monoisotopic (exact) mass is 338 g/mol. The van der Waals surface area contributed by atoms with E-state index in [9.17, 15) is 4.79 Å². The van der Waals surface area contributed by atoms with Gasteiger partial charge in [-0.2, -0.15) is 5.10 Å². The lowest BCUT2D eigenvalue weighted by Gasteiger charge is -2.20. The predicted molar refractivity (Wildman–Crippen MR) is 90.7 cm³/mol. The number of benzene rings is 1. The van der Waals surface area contributed by atoms with Crippen LogP contribution in [0.15, 0.2) is 42.7 Å². The van der Waals surface area contributed by atoms with Crippen molar-refractivity contribution in [3.63, 3.8) is 0 Å². The molecule has 8 heteroatoms. The second-order valence-corrected chi connectivity index (χ2v) is 5.94. The van der Waals surface area contributed by atoms with Crippen LogP contribution in [0, 0.1) is 0 Å². The zero-order valence-corrected chi connectivity index (χ0v) is 13.6. The quantitative estimate of drug-likeness (QED) is 0.759. The Hall–Kier alpha value is -3.00. The molecule has 1 aliphatic heterocycles. The van der Waals surface area contributed by atoms with E-state index in [1.54, 1.807) is 29.2 Å². The number of nitrogens with one attached hydrogen (secondary N) is 2. The van der Waals surface area contributed by atoms with Gasteiger partial charge in [0, 0.05) is 36.5 Å². The molecule has 25 heavy (non-hydrogen) atoms. The fraction of sp³-hybridized carbons (Fsp3) is 0.294. The Bertz CT molecular complexity index is 834. The Morgan fingerprint density at radius 3 is 2.76 bits per heavy atom. The Morgan fingerprint density at radius 2 is 2.04 bits per heavy atom. The molecule has 1 aromatic carbocycles. The fourth-order valence-corrected chi connectivity index (χ4v) is 2.92. The van der Waals surface area contributed by atoms with Crippen LogP contribution in [0.25, 0.3) is 5.69 Å². The van der Waals surface area contributed by atoms with E-state index in [2.05, 4.69) is 25.8 Å². The van der Waals surface area contributed by atoms with Crippen molar-refractivity contribution in [2.75, 3.05) is 18.5 Å². The van der Waals surface area contributed by atoms with Gasteiger partial charge in [0.2, 0.25) is 0 Å². The number of nitrogens with zero attached hydrogens (tertiary/aromatic N) is 4. The average Bonchev–Trinajstić information content (AvgIpc) is 3.35. The molecule has 1 aliphatic rings. The highest BCUT2D eigenvalue weighted by atomic mass is 16.5. The molecule has 0 aliphatic carbocycles. The summed E-state index contributed by atoms with van der Waals surface area (Å²) in [6, 6.07) is 9.04. The molecule has 2 aromatic heterocycles. The van der Waals surface area contributed by atoms with Crippen molar-refractivity contribution in [2.45, 2.75) is 18.8 Å². The molecule has 2 N–H and O–H groups in total. The van der Waals surface area contributed by atoms with Gasteiger partial charge in [-0.25, -0.2) is 4.68 Å². The number of aromatic amines is 1. The molecule has 4 rings (SSSR count). The second kappa shape index (κ2) is 6.86. The van der Waals surface area contributed by atoms with Crippen LogP contribution in [0.1, 0.15) is 34.8 Å². The topological polar surface area (TPSA) is 97.7 Å². The van der Waals surface area contributed by atoms with Crippen LogP contribution >= 0.6 is 0 Å². The summed E-state index contributed by atoms with van der Waals surface area (Å²) in [5, 5.41) is 17.7. The maximum atomic E-state index is 12.4. The predicted octanol–water partition coefficient (Wildman–Crippen LogP) is 2.14. The van der Waals surface area contributed by atoms with E-state index >= 15 is 0 Å². The van der Waals surface area contributed by atoms with Crippen LogP contribution in [-0.4, -0.2) is 44.3 Å². The van der Waals surface area contributed by atoms with Gasteiger partial charge < -0.3 is 10.1 Å². The number of hydrogen-bond acceptors (Lipinski definition) is 5. The summed E-state index contributed by atoms with van der Waals surface area (Å²) in [4.78, 5) is 12.4. The van der Waals surface area contributed by atoms with Gasteiger partial charge in [-0.15, -0.1) is 5.10 Å². The van der Waals surface area contributed by atoms with Crippen LogP contribution in [0.5, 0.6) is 0 Å². The molecule has 0 bridgehead atoms. The van der Waals surface area contributed by atoms with Gasteiger partial charge >= 0.3 is 0 Å². The van der Waals surface area contributed by atoms with Crippen LogP contribution in [0.2, 0.25) is 0 Å². The van der Waals surface area contributed by atoms with Crippen LogP contribution in [0.3, 0.4) is 0 Å². The molecular formula is C17H18N6O2. The number of carbonyl (C=O) groups is 1. The third-order valence-corrected chi connectivity index (χ3v) is 4.32. The zero-order valence-electron chi connectivity index (χ0n) is 13.6. The third kappa shape index (κ3) is 3.43. The smallest absolute Gasteiger partial charge is 0.256 e. The van der Waals surface area contributed by atoms with Crippen molar-refractivity contribution < 1.29 is 9.53 Å². The first-order valence-electron chi connectivity index (χ1n) is 8.21. The second-order valence-electron chi connectivity index (χ2n) is 5.94. The summed E-state index contributed by atoms with van der Waals surface area (Å²) in [7, 11) is 0. The summed E-state index contributed by atoms with van der Waals surface area (Å²) in [5.74, 6) is 0.746. The van der Waals surface area contributed by atoms with Crippen molar-refractivity contribution in [3.05, 3.63) is 54.0 Å². The highest BCUT2D eigenvalue weighted by Gasteiger charge is 2.18. The summed E-state index contributed by atoms with van der Waals surface area (Å²) in [6.07, 6.45) is 5.30. The fourth-order valence-electron chi connectivity index (χ4n) is 2.92. The van der Waals surface area contributed by atoms with Gasteiger partial charge in [0.15, 0.2) is 5.82 Å². The molecule has 0 unspecified atom stereocenters. The van der Waals surface area contributed by atoms with Crippen molar-refractivity contribution in [3.8, 4) is 5.69 Å². The van der Waals surface area contributed by atoms with Gasteiger partial charge in [0.1, 0.15) is 0 Å². The van der Waals surface area contributed by atoms with E-state index in [-0.39, 0.29) is 5.91 Å². The largest absolute Gasteiger partial charge is 0.381 e. The molecule has 1 fully saturated rings. The number of aromatic nitrogens is 5. The normalized spacial score (nSPS) is 15.2. The number of rotatable bonds is 4. The number of ether oxygens (including phenoxy) is 1. The molecule has 3 aromatic rings. The highest BCUT2D eigenvalue weighted by molar-refractivity contribution is 6.03. The zero-order chi connectivity index (χ0) is 17.1. The van der Waals surface area contributed by atoms with Gasteiger partial charge in [-0.1, -0.05) is 5.21 Å². The van der Waals surface area contributed by atoms with Crippen LogP contribution in [0.4, 0.5) is 5.82 Å². The molecule has 8 nitrogen and oxygen atoms in total. The number of hydrogen-bond donors (Lipinski definition) is 2. The van der Waals surface area contributed by atoms with E-state index in [0.29, 0.717) is 17.3 Å². The van der Waals surface area contributed by atoms with Crippen molar-refractivity contribution >= 4 is 11.7 Å². The third-order valence-electron chi connectivity index (χ3n) is 4.32. The SMILES string of the molecule is O=C(Nc1cc(C2CCOCC2)[nH]n1)c1ccc(-n2ccnn2)cc1. The highest BCUT2D eigenvalue weighted by Crippen LogP contribution is 2.26. The maximum absolute atomic E-state index is 12.4. The Balaban J connectivity index is 1.42. The summed E-state index contributed by atoms with van der Waals surface area (Å²) >= 11 is 0. The van der Waals surface area contributed by atoms with Crippen molar-refractivity contribution in [2.24, 2.45) is 0 Å². The lowest BCUT2D eigenvalue weighted by molar-refractivity contribution is 0.0845. The first-order valence-corrected chi connectivity index (χ1v) is 8.21. The summed E-state index contributed by atoms with van der Waals surface area (Å²) in [6.45, 7) is 1.53. The van der Waals surface area contributed by atoms with E-state index in [0.717, 1.165) is 37.4 Å². The standard InChI is InChI=1S/C17H18N6O2/c24-17(13-1-3-14(4-2-13)23-8-7-18-22-23)19-16-11-15(20-21-16)12-5-9-25-10-6-12/h1-4,7-8,11-12H,5-6,9-10H2,(H2,19,20,21,24). The lowest BCUT2D eigenvalue weighted by atomic mass is 9.97. The average molecular weight is 338 g/mol. The molecule has 0 spiro atoms. The lowest BCUT2D eigenvalue weighted by Crippen LogP contribution is -2.14. The van der Waals surface area contributed by atoms with Gasteiger partial charge in [-0.05, 0) is 37.1 Å². The number of anilines is 1. The molecule has 0 atom stereocenters. The van der Waals surface area contributed by atoms with Crippen molar-refractivity contribution in [1.82, 2.24) is 25.2 Å². The number of carbonyl (C=O) groups excluding carboxylic acids is 1. The molecule has 3 heterocycles. The summed E-state index contributed by atoms with van der Waals surface area (Å²) < 4.78 is 7.01. The van der Waals surface area contributed by atoms with Crippen molar-refractivity contribution in [1.29, 1.82) is 0 Å². The first kappa shape index (κ1) is 15.5. The Labute approximate surface area is 144 Å². The molecular weight excluding hydrogens is 320 g/mol. The molecule has 1 amide bonds. The number of H-pyrrole nitrogens is 1. The molecule has 0 saturated carbocycles. The van der Waals surface area contributed by atoms with Gasteiger partial charge in [-0.3, -0.25) is 9.89 Å². The van der Waals surface area contributed by atoms with Crippen LogP contribution < -0.4 is 5.32 Å². The molecule has 0 radical (unpaired) electrons. The van der Waals surface area contributed by atoms with Gasteiger partial charge in [0.25, 0.3) is 5.91 Å². The maximum Gasteiger partial charge on any atom is 0.256 e. The van der Waals surface area contributed by atoms with Crippen LogP contribution in [-0.2, 0) is 4.74 Å². The molecule has 128 valence electrons. The minimum atomic E-state index is -0.199. The first-order chi connectivity index (χ1) is 12.3. The minimum absolute atomic E-state index is 0.199. The van der Waals surface area contributed by atoms with E-state index in [1.807, 2.05) is 18.2 Å². The number of amides is 1.